The first-order valence-electron chi connectivity index (χ1n) is 7.03. The summed E-state index contributed by atoms with van der Waals surface area (Å²) in [7, 11) is 1.33. The maximum atomic E-state index is 12.1. The molecule has 1 aromatic heterocycles. The van der Waals surface area contributed by atoms with Crippen molar-refractivity contribution in [2.45, 2.75) is 33.6 Å². The molecule has 2 rings (SSSR count). The highest BCUT2D eigenvalue weighted by atomic mass is 32.1. The van der Waals surface area contributed by atoms with Gasteiger partial charge in [-0.2, -0.15) is 0 Å². The number of carbonyl (C=O) groups is 2. The molecule has 6 heteroatoms. The second kappa shape index (κ2) is 5.67. The number of hydrogen-bond acceptors (Lipinski definition) is 6. The number of carbonyl (C=O) groups excluding carboxylic acids is 2. The zero-order valence-corrected chi connectivity index (χ0v) is 13.8. The van der Waals surface area contributed by atoms with Crippen LogP contribution < -0.4 is 10.6 Å². The quantitative estimate of drug-likeness (QED) is 0.686. The highest BCUT2D eigenvalue weighted by Crippen LogP contribution is 2.42. The Morgan fingerprint density at radius 2 is 2.05 bits per heavy atom. The van der Waals surface area contributed by atoms with Crippen molar-refractivity contribution in [2.75, 3.05) is 30.8 Å². The minimum absolute atomic E-state index is 0.120. The topological polar surface area (TPSA) is 72.6 Å². The van der Waals surface area contributed by atoms with Gasteiger partial charge in [-0.3, -0.25) is 4.79 Å². The molecule has 0 amide bonds. The van der Waals surface area contributed by atoms with Crippen molar-refractivity contribution < 1.29 is 14.3 Å². The molecule has 1 aliphatic heterocycles. The van der Waals surface area contributed by atoms with Crippen LogP contribution in [0.1, 0.15) is 53.6 Å². The van der Waals surface area contributed by atoms with Crippen LogP contribution in [0.2, 0.25) is 0 Å². The first-order chi connectivity index (χ1) is 9.76. The number of hydrogen-bond donors (Lipinski definition) is 1. The number of nitrogens with zero attached hydrogens (tertiary/aromatic N) is 1. The molecule has 0 atom stereocenters. The Balaban J connectivity index is 2.49. The van der Waals surface area contributed by atoms with E-state index in [9.17, 15) is 9.59 Å². The van der Waals surface area contributed by atoms with E-state index in [2.05, 4.69) is 18.7 Å². The van der Waals surface area contributed by atoms with Gasteiger partial charge >= 0.3 is 5.97 Å². The van der Waals surface area contributed by atoms with Crippen LogP contribution in [0.5, 0.6) is 0 Å². The maximum Gasteiger partial charge on any atom is 0.343 e. The standard InChI is InChI=1S/C15H22N2O3S/c1-9(18)12-11(16)10(14(19)20-4)13(21-12)17-7-5-6-15(2,3)8-17/h5-8,16H2,1-4H3. The maximum absolute atomic E-state index is 12.1. The summed E-state index contributed by atoms with van der Waals surface area (Å²) in [4.78, 5) is 26.4. The molecule has 0 bridgehead atoms. The smallest absolute Gasteiger partial charge is 0.343 e. The first-order valence-corrected chi connectivity index (χ1v) is 7.85. The van der Waals surface area contributed by atoms with E-state index in [4.69, 9.17) is 10.5 Å². The molecule has 2 heterocycles. The van der Waals surface area contributed by atoms with Gasteiger partial charge in [-0.25, -0.2) is 4.79 Å². The van der Waals surface area contributed by atoms with Crippen molar-refractivity contribution in [2.24, 2.45) is 5.41 Å². The van der Waals surface area contributed by atoms with Gasteiger partial charge in [-0.1, -0.05) is 13.8 Å². The van der Waals surface area contributed by atoms with Crippen molar-refractivity contribution in [3.63, 3.8) is 0 Å². The van der Waals surface area contributed by atoms with Gasteiger partial charge in [0.15, 0.2) is 5.78 Å². The molecule has 0 saturated carbocycles. The van der Waals surface area contributed by atoms with Crippen LogP contribution in [0.25, 0.3) is 0 Å². The molecule has 2 N–H and O–H groups in total. The molecule has 0 aromatic carbocycles. The number of Topliss-reactive ketones (excluding diaryl/α,β-unsaturated/α-hetero) is 1. The van der Waals surface area contributed by atoms with E-state index in [1.165, 1.54) is 25.4 Å². The molecule has 21 heavy (non-hydrogen) atoms. The van der Waals surface area contributed by atoms with Crippen LogP contribution in [0, 0.1) is 5.41 Å². The lowest BCUT2D eigenvalue weighted by Crippen LogP contribution is -2.40. The van der Waals surface area contributed by atoms with E-state index in [1.807, 2.05) is 0 Å². The van der Waals surface area contributed by atoms with E-state index >= 15 is 0 Å². The fraction of sp³-hybridized carbons (Fsp3) is 0.600. The summed E-state index contributed by atoms with van der Waals surface area (Å²) in [5, 5.41) is 0.761. The van der Waals surface area contributed by atoms with Crippen molar-refractivity contribution in [1.82, 2.24) is 0 Å². The highest BCUT2D eigenvalue weighted by Gasteiger charge is 2.32. The SMILES string of the molecule is COC(=O)c1c(N2CCCC(C)(C)C2)sc(C(C)=O)c1N. The molecule has 0 unspecified atom stereocenters. The van der Waals surface area contributed by atoms with E-state index in [1.54, 1.807) is 0 Å². The van der Waals surface area contributed by atoms with Gasteiger partial charge in [0.2, 0.25) is 0 Å². The average Bonchev–Trinajstić information content (AvgIpc) is 2.74. The predicted octanol–water partition coefficient (Wildman–Crippen LogP) is 2.95. The minimum atomic E-state index is -0.477. The van der Waals surface area contributed by atoms with Gasteiger partial charge in [0.1, 0.15) is 10.6 Å². The molecule has 1 fully saturated rings. The third kappa shape index (κ3) is 3.05. The number of thiophene rings is 1. The third-order valence-corrected chi connectivity index (χ3v) is 5.19. The Bertz CT molecular complexity index is 578. The number of methoxy groups -OCH3 is 1. The van der Waals surface area contributed by atoms with Gasteiger partial charge < -0.3 is 15.4 Å². The Labute approximate surface area is 129 Å². The summed E-state index contributed by atoms with van der Waals surface area (Å²) in [6.07, 6.45) is 2.21. The second-order valence-electron chi connectivity index (χ2n) is 6.26. The summed E-state index contributed by atoms with van der Waals surface area (Å²) < 4.78 is 4.84. The van der Waals surface area contributed by atoms with Crippen LogP contribution >= 0.6 is 11.3 Å². The lowest BCUT2D eigenvalue weighted by molar-refractivity contribution is 0.0603. The van der Waals surface area contributed by atoms with Crippen LogP contribution in [0.4, 0.5) is 10.7 Å². The van der Waals surface area contributed by atoms with Gasteiger partial charge in [0.25, 0.3) is 0 Å². The summed E-state index contributed by atoms with van der Waals surface area (Å²) in [6.45, 7) is 7.59. The summed E-state index contributed by atoms with van der Waals surface area (Å²) in [6, 6.07) is 0. The van der Waals surface area contributed by atoms with Gasteiger partial charge in [0, 0.05) is 20.0 Å². The third-order valence-electron chi connectivity index (χ3n) is 3.82. The molecule has 0 spiro atoms. The molecule has 5 nitrogen and oxygen atoms in total. The van der Waals surface area contributed by atoms with Gasteiger partial charge in [-0.15, -0.1) is 11.3 Å². The zero-order chi connectivity index (χ0) is 15.8. The van der Waals surface area contributed by atoms with Crippen LogP contribution in [-0.4, -0.2) is 32.0 Å². The Kier molecular flexibility index (Phi) is 4.27. The summed E-state index contributed by atoms with van der Waals surface area (Å²) in [5.41, 5.74) is 6.79. The number of rotatable bonds is 3. The predicted molar refractivity (Wildman–Crippen MR) is 85.3 cm³/mol. The van der Waals surface area contributed by atoms with E-state index in [-0.39, 0.29) is 16.9 Å². The van der Waals surface area contributed by atoms with E-state index < -0.39 is 5.97 Å². The first kappa shape index (κ1) is 15.8. The Morgan fingerprint density at radius 3 is 2.57 bits per heavy atom. The molecule has 116 valence electrons. The summed E-state index contributed by atoms with van der Waals surface area (Å²) >= 11 is 1.30. The monoisotopic (exact) mass is 310 g/mol. The van der Waals surface area contributed by atoms with Gasteiger partial charge in [0.05, 0.1) is 17.7 Å². The molecular weight excluding hydrogens is 288 g/mol. The minimum Gasteiger partial charge on any atom is -0.465 e. The van der Waals surface area contributed by atoms with Crippen LogP contribution in [0.15, 0.2) is 0 Å². The molecule has 1 aliphatic rings. The number of esters is 1. The Hall–Kier alpha value is -1.56. The normalized spacial score (nSPS) is 17.6. The van der Waals surface area contributed by atoms with Crippen molar-refractivity contribution in [3.8, 4) is 0 Å². The Morgan fingerprint density at radius 1 is 1.38 bits per heavy atom. The molecule has 0 aliphatic carbocycles. The number of anilines is 2. The lowest BCUT2D eigenvalue weighted by Gasteiger charge is -2.39. The van der Waals surface area contributed by atoms with Crippen molar-refractivity contribution in [3.05, 3.63) is 10.4 Å². The highest BCUT2D eigenvalue weighted by molar-refractivity contribution is 7.19. The zero-order valence-electron chi connectivity index (χ0n) is 13.0. The van der Waals surface area contributed by atoms with Crippen molar-refractivity contribution in [1.29, 1.82) is 0 Å². The largest absolute Gasteiger partial charge is 0.465 e. The number of nitrogens with two attached hydrogens (primary N) is 1. The fourth-order valence-corrected chi connectivity index (χ4v) is 3.94. The van der Waals surface area contributed by atoms with Crippen LogP contribution in [0.3, 0.4) is 0 Å². The number of piperidine rings is 1. The number of ether oxygens (including phenoxy) is 1. The lowest BCUT2D eigenvalue weighted by atomic mass is 9.84. The van der Waals surface area contributed by atoms with Crippen molar-refractivity contribution >= 4 is 33.8 Å². The number of nitrogen functional groups attached to an aromatic ring is 1. The van der Waals surface area contributed by atoms with E-state index in [0.29, 0.717) is 10.4 Å². The molecule has 1 aromatic rings. The molecular formula is C15H22N2O3S. The fourth-order valence-electron chi connectivity index (χ4n) is 2.81. The molecule has 1 saturated heterocycles. The van der Waals surface area contributed by atoms with Crippen LogP contribution in [-0.2, 0) is 4.74 Å². The number of ketones is 1. The molecule has 0 radical (unpaired) electrons. The average molecular weight is 310 g/mol. The second-order valence-corrected chi connectivity index (χ2v) is 7.26. The summed E-state index contributed by atoms with van der Waals surface area (Å²) in [5.74, 6) is -0.597. The van der Waals surface area contributed by atoms with Gasteiger partial charge in [-0.05, 0) is 18.3 Å². The van der Waals surface area contributed by atoms with E-state index in [0.717, 1.165) is 30.9 Å².